The maximum absolute atomic E-state index is 10.1. The van der Waals surface area contributed by atoms with E-state index in [1.807, 2.05) is 0 Å². The van der Waals surface area contributed by atoms with E-state index in [1.165, 1.54) is 6.08 Å². The van der Waals surface area contributed by atoms with Gasteiger partial charge < -0.3 is 14.8 Å². The molecule has 1 aromatic rings. The highest BCUT2D eigenvalue weighted by atomic mass is 16.5. The average Bonchev–Trinajstić information content (AvgIpc) is 2.28. The Morgan fingerprint density at radius 3 is 2.16 bits per heavy atom. The predicted molar refractivity (Wildman–Crippen MR) is 73.3 cm³/mol. The summed E-state index contributed by atoms with van der Waals surface area (Å²) in [5.74, 6) is 0. The van der Waals surface area contributed by atoms with Crippen molar-refractivity contribution in [1.29, 1.82) is 0 Å². The molecule has 0 unspecified atom stereocenters. The predicted octanol–water partition coefficient (Wildman–Crippen LogP) is 0.907. The topological polar surface area (TPSA) is 79.1 Å². The second-order valence-electron chi connectivity index (χ2n) is 5.33. The van der Waals surface area contributed by atoms with Gasteiger partial charge in [0.05, 0.1) is 16.9 Å². The highest BCUT2D eigenvalue weighted by Gasteiger charge is 2.39. The van der Waals surface area contributed by atoms with Gasteiger partial charge in [0.2, 0.25) is 6.08 Å². The lowest BCUT2D eigenvalue weighted by Crippen LogP contribution is -2.53. The third-order valence-corrected chi connectivity index (χ3v) is 3.23. The number of benzene rings is 1. The number of carbonyl (C=O) groups excluding carboxylic acids is 1. The molecule has 0 saturated carbocycles. The van der Waals surface area contributed by atoms with E-state index in [-0.39, 0.29) is 0 Å². The molecule has 0 aliphatic heterocycles. The summed E-state index contributed by atoms with van der Waals surface area (Å²) in [6.07, 6.45) is 1.44. The second-order valence-corrected chi connectivity index (χ2v) is 5.33. The lowest BCUT2D eigenvalue weighted by atomic mass is 9.76. The zero-order chi connectivity index (χ0) is 14.7. The number of hydrogen-bond acceptors (Lipinski definition) is 5. The van der Waals surface area contributed by atoms with Gasteiger partial charge in [0, 0.05) is 0 Å². The van der Waals surface area contributed by atoms with Gasteiger partial charge in [-0.05, 0) is 45.3 Å². The molecule has 0 bridgehead atoms. The lowest BCUT2D eigenvalue weighted by molar-refractivity contribution is -0.0982. The van der Waals surface area contributed by atoms with Gasteiger partial charge in [0.25, 0.3) is 0 Å². The summed E-state index contributed by atoms with van der Waals surface area (Å²) in [5.41, 5.74) is -1.06. The maximum atomic E-state index is 10.1. The lowest BCUT2D eigenvalue weighted by Gasteiger charge is -2.38. The summed E-state index contributed by atoms with van der Waals surface area (Å²) in [5, 5.41) is 20.0. The summed E-state index contributed by atoms with van der Waals surface area (Å²) >= 11 is 0. The Hall–Kier alpha value is -1.46. The SMILES string of the molecule is CC(C)(O)C(C)(C)OB(O)c1ccc(N=C=O)cc1. The molecule has 19 heavy (non-hydrogen) atoms. The molecule has 5 nitrogen and oxygen atoms in total. The molecule has 102 valence electrons. The van der Waals surface area contributed by atoms with Crippen LogP contribution in [0.15, 0.2) is 29.3 Å². The van der Waals surface area contributed by atoms with E-state index < -0.39 is 18.3 Å². The van der Waals surface area contributed by atoms with Crippen molar-refractivity contribution < 1.29 is 19.6 Å². The van der Waals surface area contributed by atoms with Gasteiger partial charge in [-0.1, -0.05) is 12.1 Å². The van der Waals surface area contributed by atoms with Gasteiger partial charge >= 0.3 is 7.12 Å². The molecule has 0 amide bonds. The largest absolute Gasteiger partial charge is 0.491 e. The molecule has 0 aromatic heterocycles. The van der Waals surface area contributed by atoms with Crippen LogP contribution in [-0.2, 0) is 9.45 Å². The first-order valence-electron chi connectivity index (χ1n) is 5.93. The Kier molecular flexibility index (Phi) is 4.66. The number of rotatable bonds is 5. The fraction of sp³-hybridized carbons (Fsp3) is 0.462. The third kappa shape index (κ3) is 4.01. The first-order chi connectivity index (χ1) is 8.67. The summed E-state index contributed by atoms with van der Waals surface area (Å²) in [4.78, 5) is 13.6. The Morgan fingerprint density at radius 2 is 1.74 bits per heavy atom. The highest BCUT2D eigenvalue weighted by molar-refractivity contribution is 6.60. The molecular weight excluding hydrogens is 245 g/mol. The molecule has 0 fully saturated rings. The van der Waals surface area contributed by atoms with Gasteiger partial charge in [0.15, 0.2) is 0 Å². The molecule has 0 saturated heterocycles. The van der Waals surface area contributed by atoms with Crippen molar-refractivity contribution in [2.75, 3.05) is 0 Å². The van der Waals surface area contributed by atoms with E-state index in [9.17, 15) is 14.9 Å². The minimum atomic E-state index is -1.17. The van der Waals surface area contributed by atoms with E-state index >= 15 is 0 Å². The van der Waals surface area contributed by atoms with E-state index in [0.29, 0.717) is 11.2 Å². The molecule has 0 spiro atoms. The molecule has 2 N–H and O–H groups in total. The highest BCUT2D eigenvalue weighted by Crippen LogP contribution is 2.25. The van der Waals surface area contributed by atoms with Gasteiger partial charge in [-0.15, -0.1) is 0 Å². The molecule has 6 heteroatoms. The van der Waals surface area contributed by atoms with Crippen LogP contribution in [-0.4, -0.2) is 34.5 Å². The normalized spacial score (nSPS) is 11.9. The monoisotopic (exact) mass is 263 g/mol. The van der Waals surface area contributed by atoms with Crippen LogP contribution in [0.1, 0.15) is 27.7 Å². The van der Waals surface area contributed by atoms with Crippen LogP contribution in [0, 0.1) is 0 Å². The fourth-order valence-electron chi connectivity index (χ4n) is 1.26. The van der Waals surface area contributed by atoms with E-state index in [0.717, 1.165) is 0 Å². The number of aliphatic imine (C=N–C) groups is 1. The molecule has 1 aromatic carbocycles. The van der Waals surface area contributed by atoms with Crippen molar-refractivity contribution in [3.8, 4) is 0 Å². The average molecular weight is 263 g/mol. The molecule has 1 rings (SSSR count). The van der Waals surface area contributed by atoms with Crippen molar-refractivity contribution in [1.82, 2.24) is 0 Å². The van der Waals surface area contributed by atoms with Gasteiger partial charge in [-0.3, -0.25) is 0 Å². The van der Waals surface area contributed by atoms with Gasteiger partial charge in [-0.2, -0.15) is 4.99 Å². The molecule has 0 radical (unpaired) electrons. The smallest absolute Gasteiger partial charge is 0.423 e. The third-order valence-electron chi connectivity index (χ3n) is 3.23. The van der Waals surface area contributed by atoms with Gasteiger partial charge in [-0.25, -0.2) is 4.79 Å². The van der Waals surface area contributed by atoms with Crippen molar-refractivity contribution in [2.24, 2.45) is 4.99 Å². The van der Waals surface area contributed by atoms with Crippen molar-refractivity contribution in [3.05, 3.63) is 24.3 Å². The summed E-state index contributed by atoms with van der Waals surface area (Å²) < 4.78 is 5.49. The van der Waals surface area contributed by atoms with Crippen LogP contribution in [0.5, 0.6) is 0 Å². The number of hydrogen-bond donors (Lipinski definition) is 2. The van der Waals surface area contributed by atoms with E-state index in [4.69, 9.17) is 4.65 Å². The zero-order valence-electron chi connectivity index (χ0n) is 11.5. The number of nitrogens with zero attached hydrogens (tertiary/aromatic N) is 1. The first-order valence-corrected chi connectivity index (χ1v) is 5.93. The van der Waals surface area contributed by atoms with Crippen molar-refractivity contribution >= 4 is 24.3 Å². The Morgan fingerprint density at radius 1 is 1.21 bits per heavy atom. The molecule has 0 heterocycles. The van der Waals surface area contributed by atoms with Crippen LogP contribution in [0.4, 0.5) is 5.69 Å². The second kappa shape index (κ2) is 5.67. The summed E-state index contributed by atoms with van der Waals surface area (Å²) in [7, 11) is -1.17. The molecule has 0 aliphatic rings. The van der Waals surface area contributed by atoms with Crippen LogP contribution in [0.2, 0.25) is 0 Å². The van der Waals surface area contributed by atoms with Crippen LogP contribution in [0.3, 0.4) is 0 Å². The van der Waals surface area contributed by atoms with Crippen LogP contribution in [0.25, 0.3) is 0 Å². The van der Waals surface area contributed by atoms with E-state index in [1.54, 1.807) is 52.0 Å². The Labute approximate surface area is 113 Å². The fourth-order valence-corrected chi connectivity index (χ4v) is 1.26. The minimum Gasteiger partial charge on any atom is -0.423 e. The first kappa shape index (κ1) is 15.6. The standard InChI is InChI=1S/C13H18BNO4/c1-12(2,17)13(3,4)19-14(18)10-5-7-11(8-6-10)15-9-16/h5-8,17-18H,1-4H3. The quantitative estimate of drug-likeness (QED) is 0.470. The number of isocyanates is 1. The van der Waals surface area contributed by atoms with Crippen LogP contribution < -0.4 is 5.46 Å². The molecule has 0 atom stereocenters. The maximum Gasteiger partial charge on any atom is 0.491 e. The Balaban J connectivity index is 2.84. The number of aliphatic hydroxyl groups is 1. The van der Waals surface area contributed by atoms with Gasteiger partial charge in [0.1, 0.15) is 0 Å². The molecular formula is C13H18BNO4. The van der Waals surface area contributed by atoms with Crippen LogP contribution >= 0.6 is 0 Å². The summed E-state index contributed by atoms with van der Waals surface area (Å²) in [6.45, 7) is 6.62. The molecule has 0 aliphatic carbocycles. The van der Waals surface area contributed by atoms with Crippen molar-refractivity contribution in [3.63, 3.8) is 0 Å². The minimum absolute atomic E-state index is 0.452. The van der Waals surface area contributed by atoms with Crippen molar-refractivity contribution in [2.45, 2.75) is 38.9 Å². The zero-order valence-corrected chi connectivity index (χ0v) is 11.5. The summed E-state index contributed by atoms with van der Waals surface area (Å²) in [6, 6.07) is 6.34. The Bertz CT molecular complexity index is 472. The van der Waals surface area contributed by atoms with E-state index in [2.05, 4.69) is 4.99 Å².